The van der Waals surface area contributed by atoms with Crippen LogP contribution in [-0.2, 0) is 0 Å². The van der Waals surface area contributed by atoms with Gasteiger partial charge in [-0.15, -0.1) is 0 Å². The molecule has 1 fully saturated rings. The number of amides is 1. The maximum Gasteiger partial charge on any atom is 0.270 e. The molecule has 0 atom stereocenters. The predicted octanol–water partition coefficient (Wildman–Crippen LogP) is 4.09. The maximum atomic E-state index is 13.1. The molecule has 138 valence electrons. The Bertz CT molecular complexity index is 604. The molecule has 0 aromatic heterocycles. The minimum absolute atomic E-state index is 0.0228. The molecule has 1 aromatic carbocycles. The van der Waals surface area contributed by atoms with Gasteiger partial charge in [0.05, 0.1) is 16.2 Å². The molecule has 2 rings (SSSR count). The highest BCUT2D eigenvalue weighted by Gasteiger charge is 2.25. The Hall–Kier alpha value is -2.11. The molecule has 0 radical (unpaired) electrons. The van der Waals surface area contributed by atoms with Crippen LogP contribution in [0, 0.1) is 16.0 Å². The van der Waals surface area contributed by atoms with Crippen LogP contribution in [0.25, 0.3) is 0 Å². The number of rotatable bonds is 7. The lowest BCUT2D eigenvalue weighted by Crippen LogP contribution is -2.37. The fourth-order valence-corrected chi connectivity index (χ4v) is 3.36. The lowest BCUT2D eigenvalue weighted by molar-refractivity contribution is -0.384. The van der Waals surface area contributed by atoms with E-state index in [1.54, 1.807) is 6.07 Å². The first-order chi connectivity index (χ1) is 12.0. The SMILES string of the molecule is CCCN(CCC)C(=O)c1cc([N+](=O)[O-])ccc1N1CCC(C)CC1. The summed E-state index contributed by atoms with van der Waals surface area (Å²) in [5, 5.41) is 11.2. The minimum atomic E-state index is -0.428. The normalized spacial score (nSPS) is 15.2. The summed E-state index contributed by atoms with van der Waals surface area (Å²) in [6.45, 7) is 9.44. The molecule has 1 amide bonds. The molecule has 0 spiro atoms. The highest BCUT2D eigenvalue weighted by atomic mass is 16.6. The van der Waals surface area contributed by atoms with Gasteiger partial charge in [0.25, 0.3) is 11.6 Å². The van der Waals surface area contributed by atoms with Gasteiger partial charge in [-0.2, -0.15) is 0 Å². The second-order valence-electron chi connectivity index (χ2n) is 6.92. The number of nitro groups is 1. The van der Waals surface area contributed by atoms with E-state index in [1.807, 2.05) is 18.7 Å². The van der Waals surface area contributed by atoms with Gasteiger partial charge in [-0.3, -0.25) is 14.9 Å². The number of nitrogens with zero attached hydrogens (tertiary/aromatic N) is 3. The summed E-state index contributed by atoms with van der Waals surface area (Å²) in [6.07, 6.45) is 3.91. The van der Waals surface area contributed by atoms with Gasteiger partial charge in [-0.05, 0) is 37.7 Å². The van der Waals surface area contributed by atoms with Crippen LogP contribution in [0.3, 0.4) is 0 Å². The number of hydrogen-bond donors (Lipinski definition) is 0. The van der Waals surface area contributed by atoms with Crippen LogP contribution in [0.5, 0.6) is 0 Å². The summed E-state index contributed by atoms with van der Waals surface area (Å²) in [5.41, 5.74) is 1.27. The quantitative estimate of drug-likeness (QED) is 0.550. The summed E-state index contributed by atoms with van der Waals surface area (Å²) in [5.74, 6) is 0.589. The van der Waals surface area contributed by atoms with Gasteiger partial charge in [0.15, 0.2) is 0 Å². The molecule has 1 saturated heterocycles. The molecule has 0 bridgehead atoms. The lowest BCUT2D eigenvalue weighted by Gasteiger charge is -2.34. The van der Waals surface area contributed by atoms with Crippen LogP contribution in [0.4, 0.5) is 11.4 Å². The zero-order valence-electron chi connectivity index (χ0n) is 15.5. The number of carbonyl (C=O) groups excluding carboxylic acids is 1. The maximum absolute atomic E-state index is 13.1. The molecule has 1 aromatic rings. The van der Waals surface area contributed by atoms with Gasteiger partial charge >= 0.3 is 0 Å². The van der Waals surface area contributed by atoms with Gasteiger partial charge in [0, 0.05) is 38.3 Å². The monoisotopic (exact) mass is 347 g/mol. The molecule has 1 aliphatic heterocycles. The number of carbonyl (C=O) groups is 1. The van der Waals surface area contributed by atoms with E-state index < -0.39 is 4.92 Å². The molecular formula is C19H29N3O3. The van der Waals surface area contributed by atoms with Crippen LogP contribution in [0.15, 0.2) is 18.2 Å². The highest BCUT2D eigenvalue weighted by molar-refractivity contribution is 6.00. The summed E-state index contributed by atoms with van der Waals surface area (Å²) in [7, 11) is 0. The molecule has 1 aliphatic rings. The summed E-state index contributed by atoms with van der Waals surface area (Å²) in [6, 6.07) is 4.71. The zero-order chi connectivity index (χ0) is 18.4. The van der Waals surface area contributed by atoms with Crippen LogP contribution in [-0.4, -0.2) is 41.9 Å². The number of nitro benzene ring substituents is 1. The lowest BCUT2D eigenvalue weighted by atomic mass is 9.97. The van der Waals surface area contributed by atoms with Crippen molar-refractivity contribution in [3.63, 3.8) is 0 Å². The van der Waals surface area contributed by atoms with Crippen LogP contribution in [0.1, 0.15) is 56.8 Å². The fraction of sp³-hybridized carbons (Fsp3) is 0.632. The number of piperidine rings is 1. The van der Waals surface area contributed by atoms with Crippen LogP contribution in [0.2, 0.25) is 0 Å². The molecule has 0 unspecified atom stereocenters. The third-order valence-corrected chi connectivity index (χ3v) is 4.82. The molecule has 0 aliphatic carbocycles. The minimum Gasteiger partial charge on any atom is -0.371 e. The van der Waals surface area contributed by atoms with Crippen LogP contribution < -0.4 is 4.90 Å². The van der Waals surface area contributed by atoms with Crippen molar-refractivity contribution < 1.29 is 9.72 Å². The van der Waals surface area contributed by atoms with Crippen molar-refractivity contribution in [2.75, 3.05) is 31.1 Å². The topological polar surface area (TPSA) is 66.7 Å². The molecule has 0 N–H and O–H groups in total. The van der Waals surface area contributed by atoms with Gasteiger partial charge in [-0.1, -0.05) is 20.8 Å². The second kappa shape index (κ2) is 8.83. The predicted molar refractivity (Wildman–Crippen MR) is 100 cm³/mol. The second-order valence-corrected chi connectivity index (χ2v) is 6.92. The van der Waals surface area contributed by atoms with Crippen molar-refractivity contribution in [2.45, 2.75) is 46.5 Å². The summed E-state index contributed by atoms with van der Waals surface area (Å²) < 4.78 is 0. The summed E-state index contributed by atoms with van der Waals surface area (Å²) in [4.78, 5) is 27.9. The largest absolute Gasteiger partial charge is 0.371 e. The smallest absolute Gasteiger partial charge is 0.270 e. The van der Waals surface area contributed by atoms with E-state index >= 15 is 0 Å². The molecule has 6 heteroatoms. The van der Waals surface area contributed by atoms with Crippen molar-refractivity contribution in [1.82, 2.24) is 4.90 Å². The number of hydrogen-bond acceptors (Lipinski definition) is 4. The third-order valence-electron chi connectivity index (χ3n) is 4.82. The van der Waals surface area contributed by atoms with Crippen molar-refractivity contribution >= 4 is 17.3 Å². The van der Waals surface area contributed by atoms with E-state index in [0.29, 0.717) is 24.6 Å². The average molecular weight is 347 g/mol. The Balaban J connectivity index is 2.39. The third kappa shape index (κ3) is 4.71. The van der Waals surface area contributed by atoms with Crippen molar-refractivity contribution in [3.8, 4) is 0 Å². The Morgan fingerprint density at radius 1 is 1.24 bits per heavy atom. The number of non-ortho nitro benzene ring substituents is 1. The summed E-state index contributed by atoms with van der Waals surface area (Å²) >= 11 is 0. The molecule has 1 heterocycles. The van der Waals surface area contributed by atoms with Gasteiger partial charge < -0.3 is 9.80 Å². The van der Waals surface area contributed by atoms with E-state index in [4.69, 9.17) is 0 Å². The van der Waals surface area contributed by atoms with Gasteiger partial charge in [0.1, 0.15) is 0 Å². The van der Waals surface area contributed by atoms with Crippen molar-refractivity contribution in [3.05, 3.63) is 33.9 Å². The Labute approximate surface area is 150 Å². The van der Waals surface area contributed by atoms with E-state index in [9.17, 15) is 14.9 Å². The highest BCUT2D eigenvalue weighted by Crippen LogP contribution is 2.30. The van der Waals surface area contributed by atoms with Crippen LogP contribution >= 0.6 is 0 Å². The first-order valence-corrected chi connectivity index (χ1v) is 9.30. The van der Waals surface area contributed by atoms with Gasteiger partial charge in [0.2, 0.25) is 0 Å². The number of anilines is 1. The Kier molecular flexibility index (Phi) is 6.79. The molecular weight excluding hydrogens is 318 g/mol. The first-order valence-electron chi connectivity index (χ1n) is 9.30. The standard InChI is InChI=1S/C19H29N3O3/c1-4-10-21(11-5-2)19(23)17-14-16(22(24)25)6-7-18(17)20-12-8-15(3)9-13-20/h6-7,14-15H,4-5,8-13H2,1-3H3. The fourth-order valence-electron chi connectivity index (χ4n) is 3.36. The van der Waals surface area contributed by atoms with E-state index in [2.05, 4.69) is 11.8 Å². The van der Waals surface area contributed by atoms with E-state index in [-0.39, 0.29) is 11.6 Å². The Morgan fingerprint density at radius 2 is 1.84 bits per heavy atom. The van der Waals surface area contributed by atoms with Crippen molar-refractivity contribution in [2.24, 2.45) is 5.92 Å². The molecule has 6 nitrogen and oxygen atoms in total. The number of benzene rings is 1. The van der Waals surface area contributed by atoms with Gasteiger partial charge in [-0.25, -0.2) is 0 Å². The van der Waals surface area contributed by atoms with Crippen molar-refractivity contribution in [1.29, 1.82) is 0 Å². The first kappa shape index (κ1) is 19.2. The molecule has 0 saturated carbocycles. The molecule has 25 heavy (non-hydrogen) atoms. The average Bonchev–Trinajstić information content (AvgIpc) is 2.61. The van der Waals surface area contributed by atoms with E-state index in [0.717, 1.165) is 44.5 Å². The zero-order valence-corrected chi connectivity index (χ0v) is 15.5. The Morgan fingerprint density at radius 3 is 2.36 bits per heavy atom. The van der Waals surface area contributed by atoms with E-state index in [1.165, 1.54) is 12.1 Å².